The van der Waals surface area contributed by atoms with Crippen molar-refractivity contribution in [2.45, 2.75) is 25.3 Å². The summed E-state index contributed by atoms with van der Waals surface area (Å²) < 4.78 is 39.6. The Morgan fingerprint density at radius 3 is 2.53 bits per heavy atom. The first-order valence-electron chi connectivity index (χ1n) is 4.45. The van der Waals surface area contributed by atoms with Gasteiger partial charge in [-0.3, -0.25) is 4.79 Å². The highest BCUT2D eigenvalue weighted by Gasteiger charge is 2.34. The summed E-state index contributed by atoms with van der Waals surface area (Å²) in [6, 6.07) is 0. The Morgan fingerprint density at radius 1 is 1.60 bits per heavy atom. The molecule has 0 aliphatic carbocycles. The number of alkyl halides is 3. The van der Waals surface area contributed by atoms with Crippen LogP contribution in [0.4, 0.5) is 13.2 Å². The zero-order chi connectivity index (χ0) is 11.6. The first-order chi connectivity index (χ1) is 6.79. The predicted octanol–water partition coefficient (Wildman–Crippen LogP) is 0.157. The van der Waals surface area contributed by atoms with E-state index in [1.807, 2.05) is 0 Å². The van der Waals surface area contributed by atoms with E-state index < -0.39 is 30.9 Å². The topological polar surface area (TPSA) is 49.8 Å². The molecule has 0 radical (unpaired) electrons. The van der Waals surface area contributed by atoms with E-state index >= 15 is 0 Å². The Morgan fingerprint density at radius 2 is 2.13 bits per heavy atom. The highest BCUT2D eigenvalue weighted by molar-refractivity contribution is 5.81. The number of likely N-dealkylation sites (tertiary alicyclic amines) is 1. The van der Waals surface area contributed by atoms with Crippen LogP contribution >= 0.6 is 0 Å². The summed E-state index contributed by atoms with van der Waals surface area (Å²) >= 11 is 0. The molecular formula is C8H12F3NO3. The molecule has 1 aliphatic heterocycles. The van der Waals surface area contributed by atoms with Crippen molar-refractivity contribution >= 4 is 5.91 Å². The molecule has 1 saturated heterocycles. The highest BCUT2D eigenvalue weighted by atomic mass is 19.4. The fraction of sp³-hybridized carbons (Fsp3) is 0.875. The van der Waals surface area contributed by atoms with Crippen molar-refractivity contribution in [1.29, 1.82) is 0 Å². The molecular weight excluding hydrogens is 215 g/mol. The van der Waals surface area contributed by atoms with Gasteiger partial charge in [0.1, 0.15) is 12.7 Å². The van der Waals surface area contributed by atoms with Gasteiger partial charge in [-0.1, -0.05) is 0 Å². The van der Waals surface area contributed by atoms with Crippen LogP contribution < -0.4 is 0 Å². The summed E-state index contributed by atoms with van der Waals surface area (Å²) in [6.07, 6.45) is -6.12. The zero-order valence-corrected chi connectivity index (χ0v) is 8.12. The number of hydrogen-bond donors (Lipinski definition) is 1. The van der Waals surface area contributed by atoms with Crippen LogP contribution in [-0.4, -0.2) is 54.0 Å². The van der Waals surface area contributed by atoms with E-state index in [1.54, 1.807) is 0 Å². The van der Waals surface area contributed by atoms with Crippen molar-refractivity contribution in [1.82, 2.24) is 4.90 Å². The van der Waals surface area contributed by atoms with Gasteiger partial charge in [0, 0.05) is 13.1 Å². The van der Waals surface area contributed by atoms with Gasteiger partial charge in [0.15, 0.2) is 0 Å². The minimum absolute atomic E-state index is 0.165. The van der Waals surface area contributed by atoms with Gasteiger partial charge in [-0.25, -0.2) is 0 Å². The Kier molecular flexibility index (Phi) is 3.56. The van der Waals surface area contributed by atoms with E-state index in [-0.39, 0.29) is 13.1 Å². The molecule has 1 amide bonds. The number of β-amino-alcohol motifs (C(OH)–C–C–N with tert-alkyl or cyclic N) is 1. The lowest BCUT2D eigenvalue weighted by Gasteiger charge is -2.37. The van der Waals surface area contributed by atoms with E-state index in [2.05, 4.69) is 4.74 Å². The number of halogens is 3. The van der Waals surface area contributed by atoms with Crippen LogP contribution in [-0.2, 0) is 9.53 Å². The predicted molar refractivity (Wildman–Crippen MR) is 44.1 cm³/mol. The number of aliphatic hydroxyl groups excluding tert-OH is 1. The average Bonchev–Trinajstić information content (AvgIpc) is 2.06. The molecule has 88 valence electrons. The maximum absolute atomic E-state index is 11.7. The van der Waals surface area contributed by atoms with Crippen molar-refractivity contribution in [2.24, 2.45) is 0 Å². The molecule has 0 aromatic heterocycles. The van der Waals surface area contributed by atoms with Crippen molar-refractivity contribution in [3.8, 4) is 0 Å². The third-order valence-corrected chi connectivity index (χ3v) is 2.02. The summed E-state index contributed by atoms with van der Waals surface area (Å²) in [5, 5.41) is 8.89. The molecule has 1 aliphatic rings. The monoisotopic (exact) mass is 227 g/mol. The Labute approximate surface area is 84.6 Å². The van der Waals surface area contributed by atoms with Crippen molar-refractivity contribution < 1.29 is 27.8 Å². The van der Waals surface area contributed by atoms with Gasteiger partial charge in [-0.15, -0.1) is 0 Å². The Bertz CT molecular complexity index is 238. The maximum Gasteiger partial charge on any atom is 0.411 e. The maximum atomic E-state index is 11.7. The number of hydrogen-bond acceptors (Lipinski definition) is 3. The fourth-order valence-electron chi connectivity index (χ4n) is 1.18. The van der Waals surface area contributed by atoms with Gasteiger partial charge in [0.2, 0.25) is 0 Å². The molecule has 0 bridgehead atoms. The number of nitrogens with zero attached hydrogens (tertiary/aromatic N) is 1. The third kappa shape index (κ3) is 3.67. The van der Waals surface area contributed by atoms with E-state index in [0.717, 1.165) is 0 Å². The molecule has 0 aromatic rings. The molecule has 1 N–H and O–H groups in total. The first kappa shape index (κ1) is 12.3. The molecule has 1 atom stereocenters. The van der Waals surface area contributed by atoms with Crippen LogP contribution in [0, 0.1) is 0 Å². The zero-order valence-electron chi connectivity index (χ0n) is 8.12. The van der Waals surface area contributed by atoms with Gasteiger partial charge in [0.05, 0.1) is 6.10 Å². The fourth-order valence-corrected chi connectivity index (χ4v) is 1.18. The first-order valence-corrected chi connectivity index (χ1v) is 4.45. The lowest BCUT2D eigenvalue weighted by Crippen LogP contribution is -2.56. The molecule has 0 spiro atoms. The minimum Gasteiger partial charge on any atom is -0.389 e. The summed E-state index contributed by atoms with van der Waals surface area (Å²) in [5.41, 5.74) is 0. The van der Waals surface area contributed by atoms with Gasteiger partial charge >= 0.3 is 6.18 Å². The summed E-state index contributed by atoms with van der Waals surface area (Å²) in [7, 11) is 0. The van der Waals surface area contributed by atoms with Gasteiger partial charge in [-0.05, 0) is 6.92 Å². The molecule has 1 rings (SSSR count). The standard InChI is InChI=1S/C8H12F3NO3/c1-5(15-4-8(9,10)11)7(14)12-2-6(13)3-12/h5-6,13H,2-4H2,1H3. The van der Waals surface area contributed by atoms with Crippen molar-refractivity contribution in [3.63, 3.8) is 0 Å². The summed E-state index contributed by atoms with van der Waals surface area (Å²) in [5.74, 6) is -0.524. The average molecular weight is 227 g/mol. The van der Waals surface area contributed by atoms with Crippen LogP contribution in [0.25, 0.3) is 0 Å². The number of ether oxygens (including phenoxy) is 1. The van der Waals surface area contributed by atoms with Crippen LogP contribution in [0.2, 0.25) is 0 Å². The molecule has 1 fully saturated rings. The molecule has 0 aromatic carbocycles. The van der Waals surface area contributed by atoms with Gasteiger partial charge in [0.25, 0.3) is 5.91 Å². The van der Waals surface area contributed by atoms with E-state index in [1.165, 1.54) is 11.8 Å². The van der Waals surface area contributed by atoms with Gasteiger partial charge in [-0.2, -0.15) is 13.2 Å². The number of carbonyl (C=O) groups is 1. The van der Waals surface area contributed by atoms with Crippen LogP contribution in [0.1, 0.15) is 6.92 Å². The molecule has 1 unspecified atom stereocenters. The second-order valence-electron chi connectivity index (χ2n) is 3.47. The van der Waals surface area contributed by atoms with E-state index in [0.29, 0.717) is 0 Å². The summed E-state index contributed by atoms with van der Waals surface area (Å²) in [4.78, 5) is 12.6. The highest BCUT2D eigenvalue weighted by Crippen LogP contribution is 2.17. The quantitative estimate of drug-likeness (QED) is 0.747. The summed E-state index contributed by atoms with van der Waals surface area (Å²) in [6.45, 7) is 0.159. The molecule has 0 saturated carbocycles. The SMILES string of the molecule is CC(OCC(F)(F)F)C(=O)N1CC(O)C1. The number of amides is 1. The smallest absolute Gasteiger partial charge is 0.389 e. The van der Waals surface area contributed by atoms with Crippen molar-refractivity contribution in [3.05, 3.63) is 0 Å². The van der Waals surface area contributed by atoms with Crippen LogP contribution in [0.5, 0.6) is 0 Å². The second kappa shape index (κ2) is 4.36. The second-order valence-corrected chi connectivity index (χ2v) is 3.47. The minimum atomic E-state index is -4.43. The lowest BCUT2D eigenvalue weighted by molar-refractivity contribution is -0.191. The molecule has 4 nitrogen and oxygen atoms in total. The largest absolute Gasteiger partial charge is 0.411 e. The van der Waals surface area contributed by atoms with Gasteiger partial charge < -0.3 is 14.7 Å². The number of carbonyl (C=O) groups excluding carboxylic acids is 1. The molecule has 15 heavy (non-hydrogen) atoms. The van der Waals surface area contributed by atoms with E-state index in [4.69, 9.17) is 5.11 Å². The van der Waals surface area contributed by atoms with E-state index in [9.17, 15) is 18.0 Å². The normalized spacial score (nSPS) is 19.9. The van der Waals surface area contributed by atoms with Crippen molar-refractivity contribution in [2.75, 3.05) is 19.7 Å². The Balaban J connectivity index is 2.28. The third-order valence-electron chi connectivity index (χ3n) is 2.02. The Hall–Kier alpha value is -0.820. The molecule has 7 heteroatoms. The molecule has 1 heterocycles. The lowest BCUT2D eigenvalue weighted by atomic mass is 10.1. The van der Waals surface area contributed by atoms with Crippen LogP contribution in [0.3, 0.4) is 0 Å². The number of rotatable bonds is 3. The van der Waals surface area contributed by atoms with Crippen LogP contribution in [0.15, 0.2) is 0 Å². The number of aliphatic hydroxyl groups is 1.